The molecule has 1 rings (SSSR count). The van der Waals surface area contributed by atoms with Gasteiger partial charge in [-0.05, 0) is 44.1 Å². The van der Waals surface area contributed by atoms with Crippen LogP contribution in [0.25, 0.3) is 0 Å². The highest BCUT2D eigenvalue weighted by atomic mass is 16.5. The van der Waals surface area contributed by atoms with E-state index in [1.807, 2.05) is 0 Å². The van der Waals surface area contributed by atoms with Crippen LogP contribution in [0.1, 0.15) is 138 Å². The molecule has 0 aromatic heterocycles. The summed E-state index contributed by atoms with van der Waals surface area (Å²) in [7, 11) is 0. The van der Waals surface area contributed by atoms with Crippen molar-refractivity contribution in [2.45, 2.75) is 118 Å². The lowest BCUT2D eigenvalue weighted by Gasteiger charge is -2.20. The fourth-order valence-electron chi connectivity index (χ4n) is 4.45. The maximum atomic E-state index is 12.6. The Labute approximate surface area is 233 Å². The van der Waals surface area contributed by atoms with Crippen molar-refractivity contribution in [3.05, 3.63) is 35.4 Å². The van der Waals surface area contributed by atoms with Gasteiger partial charge < -0.3 is 9.47 Å². The number of hydrogen-bond acceptors (Lipinski definition) is 6. The fourth-order valence-corrected chi connectivity index (χ4v) is 4.45. The van der Waals surface area contributed by atoms with Crippen molar-refractivity contribution in [2.75, 3.05) is 39.6 Å². The van der Waals surface area contributed by atoms with Crippen LogP contribution in [0.5, 0.6) is 0 Å². The molecule has 0 amide bonds. The molecule has 0 saturated heterocycles. The highest BCUT2D eigenvalue weighted by Gasteiger charge is 2.15. The Bertz CT molecular complexity index is 683. The van der Waals surface area contributed by atoms with E-state index in [4.69, 9.17) is 9.47 Å². The van der Waals surface area contributed by atoms with Crippen LogP contribution in [-0.4, -0.2) is 61.4 Å². The van der Waals surface area contributed by atoms with Crippen LogP contribution < -0.4 is 0 Å². The minimum Gasteiger partial charge on any atom is -0.446 e. The molecule has 1 aromatic rings. The molecule has 38 heavy (non-hydrogen) atoms. The van der Waals surface area contributed by atoms with Crippen molar-refractivity contribution in [3.8, 4) is 0 Å². The van der Waals surface area contributed by atoms with Gasteiger partial charge in [0, 0.05) is 13.1 Å². The summed E-state index contributed by atoms with van der Waals surface area (Å²) in [6.45, 7) is 12.7. The maximum Gasteiger partial charge on any atom is 0.339 e. The van der Waals surface area contributed by atoms with Gasteiger partial charge in [0.1, 0.15) is 13.5 Å². The van der Waals surface area contributed by atoms with Crippen LogP contribution >= 0.6 is 0 Å². The topological polar surface area (TPSA) is 59.1 Å². The second kappa shape index (κ2) is 23.0. The summed E-state index contributed by atoms with van der Waals surface area (Å²) in [5.74, 6) is -0.821. The molecule has 6 nitrogen and oxygen atoms in total. The normalized spacial score (nSPS) is 11.3. The molecule has 0 fully saturated rings. The second-order valence-corrected chi connectivity index (χ2v) is 10.4. The standard InChI is InChI=1S/C32H56N2O4/c1-5-9-11-13-15-17-19-24-33(7-3)27-37-31(35)29-22-21-23-30(26-29)32(36)38-28-34(8-4)25-20-18-16-14-12-10-6-2/h21-23,26H,5-20,24-25,27-28H2,1-4H3. The Morgan fingerprint density at radius 2 is 0.947 bits per heavy atom. The molecular formula is C32H56N2O4. The smallest absolute Gasteiger partial charge is 0.339 e. The van der Waals surface area contributed by atoms with Gasteiger partial charge in [0.15, 0.2) is 0 Å². The predicted molar refractivity (Wildman–Crippen MR) is 157 cm³/mol. The lowest BCUT2D eigenvalue weighted by Crippen LogP contribution is -2.29. The summed E-state index contributed by atoms with van der Waals surface area (Å²) in [6.07, 6.45) is 17.7. The summed E-state index contributed by atoms with van der Waals surface area (Å²) in [4.78, 5) is 29.6. The zero-order chi connectivity index (χ0) is 27.8. The van der Waals surface area contributed by atoms with Crippen molar-refractivity contribution >= 4 is 11.9 Å². The van der Waals surface area contributed by atoms with Crippen LogP contribution in [0, 0.1) is 0 Å². The van der Waals surface area contributed by atoms with E-state index in [0.717, 1.165) is 39.0 Å². The number of benzene rings is 1. The van der Waals surface area contributed by atoms with Gasteiger partial charge in [0.2, 0.25) is 0 Å². The molecule has 218 valence electrons. The Morgan fingerprint density at radius 3 is 1.32 bits per heavy atom. The number of carbonyl (C=O) groups excluding carboxylic acids is 2. The first kappa shape index (κ1) is 34.1. The van der Waals surface area contributed by atoms with Gasteiger partial charge in [-0.25, -0.2) is 9.59 Å². The molecule has 0 aliphatic heterocycles. The zero-order valence-electron chi connectivity index (χ0n) is 25.0. The first-order valence-corrected chi connectivity index (χ1v) is 15.4. The number of rotatable bonds is 24. The summed E-state index contributed by atoms with van der Waals surface area (Å²) in [6, 6.07) is 6.65. The van der Waals surface area contributed by atoms with Gasteiger partial charge in [-0.1, -0.05) is 111 Å². The third kappa shape index (κ3) is 16.1. The first-order valence-electron chi connectivity index (χ1n) is 15.4. The number of carbonyl (C=O) groups is 2. The molecule has 1 aromatic carbocycles. The van der Waals surface area contributed by atoms with Crippen LogP contribution in [0.15, 0.2) is 24.3 Å². The van der Waals surface area contributed by atoms with Crippen molar-refractivity contribution in [1.29, 1.82) is 0 Å². The fraction of sp³-hybridized carbons (Fsp3) is 0.750. The molecular weight excluding hydrogens is 476 g/mol. The highest BCUT2D eigenvalue weighted by Crippen LogP contribution is 2.12. The lowest BCUT2D eigenvalue weighted by molar-refractivity contribution is 0.0222. The largest absolute Gasteiger partial charge is 0.446 e. The number of hydrogen-bond donors (Lipinski definition) is 0. The molecule has 0 aliphatic carbocycles. The van der Waals surface area contributed by atoms with Crippen molar-refractivity contribution in [3.63, 3.8) is 0 Å². The van der Waals surface area contributed by atoms with Crippen molar-refractivity contribution in [1.82, 2.24) is 9.80 Å². The molecule has 0 bridgehead atoms. The third-order valence-electron chi connectivity index (χ3n) is 7.14. The second-order valence-electron chi connectivity index (χ2n) is 10.4. The third-order valence-corrected chi connectivity index (χ3v) is 7.14. The lowest BCUT2D eigenvalue weighted by atomic mass is 10.1. The van der Waals surface area contributed by atoms with Crippen LogP contribution in [-0.2, 0) is 9.47 Å². The monoisotopic (exact) mass is 532 g/mol. The Balaban J connectivity index is 2.38. The Kier molecular flexibility index (Phi) is 20.7. The summed E-state index contributed by atoms with van der Waals surface area (Å²) in [5, 5.41) is 0. The van der Waals surface area contributed by atoms with Gasteiger partial charge in [-0.2, -0.15) is 0 Å². The zero-order valence-corrected chi connectivity index (χ0v) is 25.0. The van der Waals surface area contributed by atoms with E-state index in [1.54, 1.807) is 24.3 Å². The van der Waals surface area contributed by atoms with Gasteiger partial charge >= 0.3 is 11.9 Å². The SMILES string of the molecule is CCCCCCCCCN(CC)COC(=O)c1cccc(C(=O)OCN(CC)CCCCCCCCC)c1. The molecule has 0 atom stereocenters. The summed E-state index contributed by atoms with van der Waals surface area (Å²) >= 11 is 0. The van der Waals surface area contributed by atoms with E-state index in [0.29, 0.717) is 11.1 Å². The van der Waals surface area contributed by atoms with E-state index in [9.17, 15) is 9.59 Å². The molecule has 0 heterocycles. The van der Waals surface area contributed by atoms with Gasteiger partial charge in [0.05, 0.1) is 11.1 Å². The van der Waals surface area contributed by atoms with E-state index in [1.165, 1.54) is 77.0 Å². The van der Waals surface area contributed by atoms with E-state index < -0.39 is 11.9 Å². The van der Waals surface area contributed by atoms with Crippen LogP contribution in [0.3, 0.4) is 0 Å². The van der Waals surface area contributed by atoms with Crippen molar-refractivity contribution < 1.29 is 19.1 Å². The maximum absolute atomic E-state index is 12.6. The molecule has 0 radical (unpaired) electrons. The first-order chi connectivity index (χ1) is 18.5. The minimum absolute atomic E-state index is 0.268. The summed E-state index contributed by atoms with van der Waals surface area (Å²) < 4.78 is 11.1. The van der Waals surface area contributed by atoms with Crippen molar-refractivity contribution in [2.24, 2.45) is 0 Å². The predicted octanol–water partition coefficient (Wildman–Crippen LogP) is 8.06. The number of nitrogens with zero attached hydrogens (tertiary/aromatic N) is 2. The number of ether oxygens (including phenoxy) is 2. The van der Waals surface area contributed by atoms with Gasteiger partial charge in [0.25, 0.3) is 0 Å². The average molecular weight is 533 g/mol. The molecule has 6 heteroatoms. The van der Waals surface area contributed by atoms with E-state index in [2.05, 4.69) is 37.5 Å². The van der Waals surface area contributed by atoms with E-state index in [-0.39, 0.29) is 13.5 Å². The van der Waals surface area contributed by atoms with E-state index >= 15 is 0 Å². The highest BCUT2D eigenvalue weighted by molar-refractivity contribution is 5.95. The number of unbranched alkanes of at least 4 members (excludes halogenated alkanes) is 12. The number of esters is 2. The van der Waals surface area contributed by atoms with Crippen LogP contribution in [0.4, 0.5) is 0 Å². The summed E-state index contributed by atoms with van der Waals surface area (Å²) in [5.41, 5.74) is 0.753. The molecule has 0 saturated carbocycles. The molecule has 0 spiro atoms. The molecule has 0 N–H and O–H groups in total. The molecule has 0 aliphatic rings. The minimum atomic E-state index is -0.410. The van der Waals surface area contributed by atoms with Crippen LogP contribution in [0.2, 0.25) is 0 Å². The van der Waals surface area contributed by atoms with Gasteiger partial charge in [-0.15, -0.1) is 0 Å². The Morgan fingerprint density at radius 1 is 0.579 bits per heavy atom. The van der Waals surface area contributed by atoms with Gasteiger partial charge in [-0.3, -0.25) is 9.80 Å². The Hall–Kier alpha value is -1.92. The quantitative estimate of drug-likeness (QED) is 0.0762. The molecule has 0 unspecified atom stereocenters. The average Bonchev–Trinajstić information content (AvgIpc) is 2.94.